The fourth-order valence-corrected chi connectivity index (χ4v) is 2.84. The van der Waals surface area contributed by atoms with E-state index in [-0.39, 0.29) is 30.5 Å². The smallest absolute Gasteiger partial charge is 0.580 e. The molecule has 0 rings (SSSR count). The fourth-order valence-electron chi connectivity index (χ4n) is 1.58. The Morgan fingerprint density at radius 3 is 1.46 bits per heavy atom. The summed E-state index contributed by atoms with van der Waals surface area (Å²) in [5.74, 6) is -1.58. The first-order valence-corrected chi connectivity index (χ1v) is 9.67. The van der Waals surface area contributed by atoms with Crippen molar-refractivity contribution in [3.8, 4) is 12.5 Å². The van der Waals surface area contributed by atoms with Crippen molar-refractivity contribution in [3.05, 3.63) is 35.5 Å². The van der Waals surface area contributed by atoms with Gasteiger partial charge in [0.1, 0.15) is 6.11 Å². The van der Waals surface area contributed by atoms with Crippen LogP contribution in [0.4, 0.5) is 0 Å². The van der Waals surface area contributed by atoms with Crippen LogP contribution in [0.3, 0.4) is 0 Å². The van der Waals surface area contributed by atoms with Crippen LogP contribution < -0.4 is 0 Å². The normalized spacial score (nSPS) is 11.6. The Labute approximate surface area is 169 Å². The van der Waals surface area contributed by atoms with Gasteiger partial charge in [-0.1, -0.05) is 6.42 Å². The molecule has 0 fully saturated rings. The maximum Gasteiger partial charge on any atom is 1.20 e. The number of hydrogen-bond acceptors (Lipinski definition) is 9. The maximum atomic E-state index is 11.5. The van der Waals surface area contributed by atoms with Crippen LogP contribution in [0.5, 0.6) is 0 Å². The molecule has 0 amide bonds. The van der Waals surface area contributed by atoms with E-state index in [1.54, 1.807) is 20.0 Å². The third-order valence-electron chi connectivity index (χ3n) is 2.54. The molecule has 0 aromatic rings. The molecule has 28 heavy (non-hydrogen) atoms. The molecule has 0 aromatic heterocycles. The van der Waals surface area contributed by atoms with Crippen molar-refractivity contribution in [3.63, 3.8) is 0 Å². The first-order chi connectivity index (χ1) is 13.2. The summed E-state index contributed by atoms with van der Waals surface area (Å²) >= 11 is -3.02. The van der Waals surface area contributed by atoms with E-state index in [1.165, 1.54) is 20.8 Å². The van der Waals surface area contributed by atoms with Crippen LogP contribution in [0.15, 0.2) is 35.5 Å². The van der Waals surface area contributed by atoms with Crippen molar-refractivity contribution in [1.29, 1.82) is 0 Å². The summed E-state index contributed by atoms with van der Waals surface area (Å²) in [5.41, 5.74) is 0. The second-order valence-corrected chi connectivity index (χ2v) is 6.23. The van der Waals surface area contributed by atoms with Crippen LogP contribution in [0, 0.1) is 12.5 Å². The number of carbonyl (C=O) groups excluding carboxylic acids is 3. The average Bonchev–Trinajstić information content (AvgIpc) is 2.54. The molecule has 0 saturated heterocycles. The van der Waals surface area contributed by atoms with Crippen LogP contribution in [-0.2, 0) is 40.0 Å². The van der Waals surface area contributed by atoms with Gasteiger partial charge in [-0.3, -0.25) is 0 Å². The monoisotopic (exact) mass is 410 g/mol. The Bertz CT molecular complexity index is 650. The summed E-state index contributed by atoms with van der Waals surface area (Å²) in [6.45, 7) is 8.20. The molecule has 0 aliphatic rings. The Hall–Kier alpha value is -2.88. The zero-order valence-corrected chi connectivity index (χ0v) is 17.6. The van der Waals surface area contributed by atoms with Gasteiger partial charge in [0, 0.05) is 0 Å². The van der Waals surface area contributed by atoms with E-state index in [0.29, 0.717) is 0 Å². The molecule has 0 bridgehead atoms. The average molecular weight is 410 g/mol. The first-order valence-electron chi connectivity index (χ1n) is 8.26. The van der Waals surface area contributed by atoms with Gasteiger partial charge in [0.2, 0.25) is 0 Å². The van der Waals surface area contributed by atoms with Crippen LogP contribution in [0.1, 0.15) is 34.6 Å². The molecule has 0 N–H and O–H groups in total. The number of terminal acetylenes is 1. The number of carbonyl (C=O) groups is 3. The van der Waals surface area contributed by atoms with Gasteiger partial charge in [0.05, 0.1) is 48.7 Å². The molecule has 0 aliphatic heterocycles. The zero-order chi connectivity index (χ0) is 21.5. The van der Waals surface area contributed by atoms with Gasteiger partial charge in [0.15, 0.2) is 0 Å². The molecule has 0 aromatic carbocycles. The predicted molar refractivity (Wildman–Crippen MR) is 98.5 cm³/mol. The molecule has 0 aliphatic carbocycles. The third kappa shape index (κ3) is 12.5. The van der Waals surface area contributed by atoms with Crippen LogP contribution in [0.25, 0.3) is 0 Å². The number of esters is 3. The lowest BCUT2D eigenvalue weighted by Crippen LogP contribution is -2.26. The molecule has 10 heteroatoms. The molecular formula is C18H23AlO9. The number of hydrogen-bond donors (Lipinski definition) is 0. The highest BCUT2D eigenvalue weighted by Gasteiger charge is 2.44. The van der Waals surface area contributed by atoms with Crippen molar-refractivity contribution >= 4 is 33.1 Å². The Balaban J connectivity index is 5.30. The van der Waals surface area contributed by atoms with Gasteiger partial charge in [-0.2, -0.15) is 0 Å². The molecule has 0 radical (unpaired) electrons. The van der Waals surface area contributed by atoms with Gasteiger partial charge in [-0.25, -0.2) is 14.4 Å². The molecule has 0 unspecified atom stereocenters. The zero-order valence-electron chi connectivity index (χ0n) is 16.5. The number of allylic oxidation sites excluding steroid dienone is 3. The first kappa shape index (κ1) is 25.1. The molecule has 0 saturated carbocycles. The molecular weight excluding hydrogens is 387 g/mol. The van der Waals surface area contributed by atoms with Crippen LogP contribution in [-0.4, -0.2) is 46.3 Å². The van der Waals surface area contributed by atoms with Gasteiger partial charge in [0.25, 0.3) is 0 Å². The van der Waals surface area contributed by atoms with E-state index in [9.17, 15) is 14.4 Å². The standard InChI is InChI=1S/2C6H10O3.C6H6O3.Al/c3*1-3-9-6(8)4-5(2)7;/h2*4,7H,3H2,1-2H3;1,4,7H,2H3;/q;;;+3/p-3. The van der Waals surface area contributed by atoms with Crippen molar-refractivity contribution in [2.75, 3.05) is 13.2 Å². The summed E-state index contributed by atoms with van der Waals surface area (Å²) in [5, 5.41) is 0. The van der Waals surface area contributed by atoms with Crippen molar-refractivity contribution < 1.29 is 40.0 Å². The summed E-state index contributed by atoms with van der Waals surface area (Å²) in [4.78, 5) is 34.4. The summed E-state index contributed by atoms with van der Waals surface area (Å²) in [6.07, 6.45) is 9.85. The Morgan fingerprint density at radius 2 is 1.14 bits per heavy atom. The summed E-state index contributed by atoms with van der Waals surface area (Å²) in [6, 6.07) is 0. The van der Waals surface area contributed by atoms with Crippen LogP contribution >= 0.6 is 0 Å². The predicted octanol–water partition coefficient (Wildman–Crippen LogP) is 1.99. The highest BCUT2D eigenvalue weighted by atomic mass is 27.3. The highest BCUT2D eigenvalue weighted by molar-refractivity contribution is 6.37. The van der Waals surface area contributed by atoms with E-state index >= 15 is 0 Å². The van der Waals surface area contributed by atoms with Gasteiger partial charge >= 0.3 is 33.1 Å². The largest absolute Gasteiger partial charge is 1.20 e. The Kier molecular flexibility index (Phi) is 12.8. The van der Waals surface area contributed by atoms with Gasteiger partial charge in [-0.05, 0) is 34.6 Å². The minimum atomic E-state index is -3.02. The maximum absolute atomic E-state index is 11.5. The molecule has 0 atom stereocenters. The molecule has 0 heterocycles. The Morgan fingerprint density at radius 1 is 0.786 bits per heavy atom. The van der Waals surface area contributed by atoms with Crippen molar-refractivity contribution in [2.24, 2.45) is 0 Å². The highest BCUT2D eigenvalue weighted by Crippen LogP contribution is 2.11. The molecule has 9 nitrogen and oxygen atoms in total. The molecule has 0 spiro atoms. The van der Waals surface area contributed by atoms with E-state index in [1.807, 2.05) is 0 Å². The third-order valence-corrected chi connectivity index (χ3v) is 4.24. The lowest BCUT2D eigenvalue weighted by Gasteiger charge is -2.17. The minimum Gasteiger partial charge on any atom is -0.580 e. The lowest BCUT2D eigenvalue weighted by atomic mass is 10.5. The van der Waals surface area contributed by atoms with E-state index in [0.717, 1.165) is 18.2 Å². The summed E-state index contributed by atoms with van der Waals surface area (Å²) < 4.78 is 30.4. The van der Waals surface area contributed by atoms with E-state index < -0.39 is 33.1 Å². The lowest BCUT2D eigenvalue weighted by molar-refractivity contribution is -0.138. The second-order valence-electron chi connectivity index (χ2n) is 4.95. The van der Waals surface area contributed by atoms with E-state index in [2.05, 4.69) is 4.74 Å². The number of ether oxygens (including phenoxy) is 3. The topological polar surface area (TPSA) is 107 Å². The quantitative estimate of drug-likeness (QED) is 0.126. The summed E-state index contributed by atoms with van der Waals surface area (Å²) in [7, 11) is 0. The van der Waals surface area contributed by atoms with Crippen molar-refractivity contribution in [2.45, 2.75) is 34.6 Å². The van der Waals surface area contributed by atoms with E-state index in [4.69, 9.17) is 27.3 Å². The second kappa shape index (κ2) is 14.2. The molecule has 152 valence electrons. The van der Waals surface area contributed by atoms with Gasteiger partial charge in [-0.15, -0.1) is 0 Å². The fraction of sp³-hybridized carbons (Fsp3) is 0.389. The van der Waals surface area contributed by atoms with Crippen molar-refractivity contribution in [1.82, 2.24) is 0 Å². The van der Waals surface area contributed by atoms with Gasteiger partial charge < -0.3 is 25.6 Å². The number of rotatable bonds is 11. The SMILES string of the molecule is C#COC(=O)C=C(C)[O][Al]([O]C(C)=CC(=O)OCC)[O]C(C)=CC(=O)OCC. The minimum absolute atomic E-state index is 0.102. The van der Waals surface area contributed by atoms with Crippen LogP contribution in [0.2, 0.25) is 0 Å².